The van der Waals surface area contributed by atoms with Crippen molar-refractivity contribution in [3.63, 3.8) is 0 Å². The van der Waals surface area contributed by atoms with Crippen LogP contribution in [0.4, 0.5) is 0 Å². The zero-order chi connectivity index (χ0) is 43.2. The smallest absolute Gasteiger partial charge is 0.587 e. The Labute approximate surface area is 411 Å². The molecule has 59 heavy (non-hydrogen) atoms. The summed E-state index contributed by atoms with van der Waals surface area (Å²) in [6.45, 7) is 33.7. The van der Waals surface area contributed by atoms with Gasteiger partial charge in [0.05, 0.1) is 30.1 Å². The number of hydrogen-bond donors (Lipinski definition) is 2. The molecule has 2 aliphatic rings. The van der Waals surface area contributed by atoms with E-state index < -0.39 is 11.8 Å². The molecule has 0 atom stereocenters. The van der Waals surface area contributed by atoms with Gasteiger partial charge in [0.1, 0.15) is 0 Å². The zero-order valence-electron chi connectivity index (χ0n) is 37.9. The predicted molar refractivity (Wildman–Crippen MR) is 261 cm³/mol. The third kappa shape index (κ3) is 48.3. The Kier molecular flexibility index (Phi) is 119. The minimum absolute atomic E-state index is 0. The van der Waals surface area contributed by atoms with E-state index >= 15 is 0 Å². The quantitative estimate of drug-likeness (QED) is 0.165. The number of carbonyl (C=O) groups excluding carboxylic acids is 5. The van der Waals surface area contributed by atoms with Crippen LogP contribution in [0.1, 0.15) is 228 Å². The first-order valence-corrected chi connectivity index (χ1v) is 19.8. The fourth-order valence-corrected chi connectivity index (χ4v) is 2.88. The molecule has 0 fully saturated rings. The average molecular weight is 870 g/mol. The second-order valence-electron chi connectivity index (χ2n) is 9.02. The summed E-state index contributed by atoms with van der Waals surface area (Å²) in [5, 5.41) is 11.2. The van der Waals surface area contributed by atoms with Crippen LogP contribution in [0.2, 0.25) is 0 Å². The van der Waals surface area contributed by atoms with Gasteiger partial charge in [-0.15, -0.1) is 0 Å². The number of hydrogen-bond acceptors (Lipinski definition) is 8. The van der Waals surface area contributed by atoms with Crippen LogP contribution in [0, 0.1) is 0 Å². The number of rotatable bonds is 6. The molecule has 2 heterocycles. The molecule has 0 aromatic heterocycles. The minimum atomic E-state index is -0.425. The number of unbranched alkanes of at least 4 members (excludes halogenated alkanes) is 1. The van der Waals surface area contributed by atoms with Gasteiger partial charge in [-0.2, -0.15) is 0 Å². The first-order valence-electron chi connectivity index (χ1n) is 19.8. The summed E-state index contributed by atoms with van der Waals surface area (Å²) < 4.78 is 4.26. The van der Waals surface area contributed by atoms with E-state index in [0.29, 0.717) is 41.8 Å². The van der Waals surface area contributed by atoms with E-state index in [0.717, 1.165) is 25.8 Å². The number of esters is 1. The van der Waals surface area contributed by atoms with Crippen molar-refractivity contribution in [1.82, 2.24) is 4.90 Å². The van der Waals surface area contributed by atoms with E-state index in [1.165, 1.54) is 24.9 Å². The third-order valence-electron chi connectivity index (χ3n) is 5.44. The summed E-state index contributed by atoms with van der Waals surface area (Å²) in [6, 6.07) is 13.6. The Bertz CT molecular complexity index is 1040. The van der Waals surface area contributed by atoms with Gasteiger partial charge in [0.2, 0.25) is 0 Å². The Balaban J connectivity index is -0.0000000389. The van der Waals surface area contributed by atoms with Crippen molar-refractivity contribution in [3.8, 4) is 0 Å². The fraction of sp³-hybridized carbons (Fsp3) is 0.646. The van der Waals surface area contributed by atoms with Crippen LogP contribution in [0.25, 0.3) is 5.32 Å². The van der Waals surface area contributed by atoms with E-state index in [-0.39, 0.29) is 106 Å². The molecule has 2 aromatic carbocycles. The number of carbonyl (C=O) groups is 5. The van der Waals surface area contributed by atoms with E-state index in [9.17, 15) is 24.0 Å². The monoisotopic (exact) mass is 870 g/mol. The van der Waals surface area contributed by atoms with Crippen molar-refractivity contribution >= 4 is 29.6 Å². The molecule has 2 aliphatic heterocycles. The van der Waals surface area contributed by atoms with Gasteiger partial charge in [-0.25, -0.2) is 0 Å². The molecule has 350 valence electrons. The molecule has 0 bridgehead atoms. The van der Waals surface area contributed by atoms with Crippen molar-refractivity contribution in [2.24, 2.45) is 5.73 Å². The molecule has 10 nitrogen and oxygen atoms in total. The topological polar surface area (TPSA) is 158 Å². The molecular weight excluding hydrogens is 770 g/mol. The molecular formula is C48H100KN3O7. The zero-order valence-corrected chi connectivity index (χ0v) is 41.0. The molecule has 3 N–H and O–H groups in total. The number of imide groups is 2. The van der Waals surface area contributed by atoms with Crippen LogP contribution < -0.4 is 57.1 Å². The maximum absolute atomic E-state index is 11.7. The van der Waals surface area contributed by atoms with Crippen LogP contribution in [-0.4, -0.2) is 66.4 Å². The SMILES string of the molecule is C.C.C.C.C.CC.CC.CC.CC.CC.CCC(=O)OC.CCCC.CCCN.CCCN1C(=O)c2ccccc2C1=O.CCCO.O=C1[N-]C(=O)c2ccccc21.[K+]. The first-order chi connectivity index (χ1) is 25.6. The van der Waals surface area contributed by atoms with Crippen molar-refractivity contribution in [3.05, 3.63) is 76.1 Å². The fourth-order valence-electron chi connectivity index (χ4n) is 2.88. The molecule has 0 radical (unpaired) electrons. The summed E-state index contributed by atoms with van der Waals surface area (Å²) in [5.41, 5.74) is 6.92. The van der Waals surface area contributed by atoms with Crippen LogP contribution >= 0.6 is 0 Å². The number of nitrogens with zero attached hydrogens (tertiary/aromatic N) is 2. The van der Waals surface area contributed by atoms with Gasteiger partial charge >= 0.3 is 57.4 Å². The van der Waals surface area contributed by atoms with E-state index in [4.69, 9.17) is 10.8 Å². The molecule has 0 spiro atoms. The van der Waals surface area contributed by atoms with Gasteiger partial charge in [0.25, 0.3) is 11.8 Å². The van der Waals surface area contributed by atoms with Crippen LogP contribution in [-0.2, 0) is 9.53 Å². The number of nitrogens with two attached hydrogens (primary N) is 1. The molecule has 4 rings (SSSR count). The number of aliphatic hydroxyl groups excluding tert-OH is 1. The normalized spacial score (nSPS) is 9.03. The van der Waals surface area contributed by atoms with Crippen LogP contribution in [0.15, 0.2) is 48.5 Å². The Hall–Kier alpha value is -2.25. The standard InChI is InChI=1S/C11H11NO2.C8H5NO2.C4H8O2.C4H10.C3H9N.C3H8O.5C2H6.5CH4.K/c1-2-7-12-10(13)8-5-3-4-6-9(8)11(12)14;10-7-5-3-1-2-4-6(5)8(11)9-7;1-3-4(5)6-2;1-3-4-2;2*1-2-3-4;5*1-2;;;;;;/h3-6H,2,7H2,1H3;1-4H,(H,9,10,11);3H2,1-2H3;3-4H2,1-2H3;2-4H2,1H3;4H,2-3H2,1H3;5*1-2H3;5*1H4;/q;;;;;;;;;;;;;;;;+1/p-1. The molecule has 0 aliphatic carbocycles. The Morgan fingerprint density at radius 2 is 0.847 bits per heavy atom. The second-order valence-corrected chi connectivity index (χ2v) is 9.02. The molecule has 2 aromatic rings. The third-order valence-corrected chi connectivity index (χ3v) is 5.44. The Morgan fingerprint density at radius 3 is 1.02 bits per heavy atom. The maximum Gasteiger partial charge on any atom is 1.00 e. The van der Waals surface area contributed by atoms with E-state index in [1.54, 1.807) is 55.5 Å². The van der Waals surface area contributed by atoms with Crippen molar-refractivity contribution in [2.45, 2.75) is 186 Å². The second kappa shape index (κ2) is 76.5. The number of aliphatic hydroxyl groups is 1. The summed E-state index contributed by atoms with van der Waals surface area (Å²) in [7, 11) is 1.38. The van der Waals surface area contributed by atoms with Crippen molar-refractivity contribution in [1.29, 1.82) is 0 Å². The number of methoxy groups -OCH3 is 1. The van der Waals surface area contributed by atoms with Gasteiger partial charge in [0, 0.05) is 30.7 Å². The largest absolute Gasteiger partial charge is 1.00 e. The van der Waals surface area contributed by atoms with Gasteiger partial charge in [-0.1, -0.05) is 197 Å². The molecule has 0 unspecified atom stereocenters. The maximum atomic E-state index is 11.7. The molecule has 11 heteroatoms. The number of amides is 4. The first kappa shape index (κ1) is 92.1. The van der Waals surface area contributed by atoms with Gasteiger partial charge < -0.3 is 30.5 Å². The van der Waals surface area contributed by atoms with Gasteiger partial charge in [-0.3, -0.25) is 19.3 Å². The summed E-state index contributed by atoms with van der Waals surface area (Å²) >= 11 is 0. The van der Waals surface area contributed by atoms with Gasteiger partial charge in [-0.05, 0) is 37.9 Å². The van der Waals surface area contributed by atoms with E-state index in [1.807, 2.05) is 83.1 Å². The summed E-state index contributed by atoms with van der Waals surface area (Å²) in [6.07, 6.45) is 5.88. The summed E-state index contributed by atoms with van der Waals surface area (Å²) in [4.78, 5) is 56.4. The van der Waals surface area contributed by atoms with Crippen LogP contribution in [0.5, 0.6) is 0 Å². The Morgan fingerprint density at radius 1 is 0.576 bits per heavy atom. The van der Waals surface area contributed by atoms with Crippen molar-refractivity contribution in [2.75, 3.05) is 26.8 Å². The number of benzene rings is 2. The minimum Gasteiger partial charge on any atom is -0.587 e. The summed E-state index contributed by atoms with van der Waals surface area (Å²) in [5.74, 6) is -1.33. The molecule has 0 saturated carbocycles. The number of ether oxygens (including phenoxy) is 1. The molecule has 4 amide bonds. The van der Waals surface area contributed by atoms with Gasteiger partial charge in [0.15, 0.2) is 0 Å². The van der Waals surface area contributed by atoms with Crippen LogP contribution in [0.3, 0.4) is 0 Å². The van der Waals surface area contributed by atoms with E-state index in [2.05, 4.69) is 30.8 Å². The van der Waals surface area contributed by atoms with Crippen molar-refractivity contribution < 1.29 is 85.2 Å². The average Bonchev–Trinajstić information content (AvgIpc) is 3.68. The predicted octanol–water partition coefficient (Wildman–Crippen LogP) is 11.5. The molecule has 0 saturated heterocycles. The number of fused-ring (bicyclic) bond motifs is 2.